The number of aryl methyl sites for hydroxylation is 1. The van der Waals surface area contributed by atoms with Gasteiger partial charge in [-0.15, -0.1) is 0 Å². The normalized spacial score (nSPS) is 11.9. The number of fused-ring (bicyclic) bond motifs is 1. The number of hydrogen-bond acceptors (Lipinski definition) is 4. The summed E-state index contributed by atoms with van der Waals surface area (Å²) in [5, 5.41) is 10.5. The first-order valence-electron chi connectivity index (χ1n) is 10.7. The summed E-state index contributed by atoms with van der Waals surface area (Å²) in [5.41, 5.74) is 4.38. The average molecular weight is 490 g/mol. The van der Waals surface area contributed by atoms with Crippen LogP contribution >= 0.6 is 11.6 Å². The zero-order valence-corrected chi connectivity index (χ0v) is 20.9. The maximum Gasteiger partial charge on any atom is 0.261 e. The van der Waals surface area contributed by atoms with Gasteiger partial charge in [0.1, 0.15) is 6.07 Å². The molecule has 0 atom stereocenters. The van der Waals surface area contributed by atoms with Gasteiger partial charge in [-0.3, -0.25) is 9.71 Å². The van der Waals surface area contributed by atoms with E-state index in [0.29, 0.717) is 11.1 Å². The monoisotopic (exact) mass is 489 g/mol. The highest BCUT2D eigenvalue weighted by Crippen LogP contribution is 2.41. The summed E-state index contributed by atoms with van der Waals surface area (Å²) in [6, 6.07) is 19.5. The molecular formula is C27H24ClN3O2S. The molecule has 0 aliphatic carbocycles. The highest BCUT2D eigenvalue weighted by Gasteiger charge is 2.22. The van der Waals surface area contributed by atoms with Crippen molar-refractivity contribution in [3.8, 4) is 17.2 Å². The number of aromatic nitrogens is 1. The fourth-order valence-electron chi connectivity index (χ4n) is 3.88. The SMILES string of the molecule is Cc1ccc(-c2c(NS(=O)(=O)c3ccc(C(C)(C)C)cc3)ccc(C#N)c2Cl)c2cccnc12. The number of nitriles is 1. The summed E-state index contributed by atoms with van der Waals surface area (Å²) in [6.07, 6.45) is 1.71. The van der Waals surface area contributed by atoms with Crippen LogP contribution in [-0.2, 0) is 15.4 Å². The van der Waals surface area contributed by atoms with Crippen molar-refractivity contribution < 1.29 is 8.42 Å². The van der Waals surface area contributed by atoms with E-state index in [9.17, 15) is 13.7 Å². The molecule has 34 heavy (non-hydrogen) atoms. The molecule has 1 heterocycles. The van der Waals surface area contributed by atoms with Gasteiger partial charge in [-0.2, -0.15) is 5.26 Å². The van der Waals surface area contributed by atoms with E-state index in [1.54, 1.807) is 24.4 Å². The first-order valence-corrected chi connectivity index (χ1v) is 12.6. The van der Waals surface area contributed by atoms with Crippen molar-refractivity contribution in [1.82, 2.24) is 4.98 Å². The smallest absolute Gasteiger partial charge is 0.261 e. The van der Waals surface area contributed by atoms with Crippen molar-refractivity contribution in [1.29, 1.82) is 5.26 Å². The number of nitrogens with one attached hydrogen (secondary N) is 1. The van der Waals surface area contributed by atoms with Crippen molar-refractivity contribution in [2.45, 2.75) is 38.0 Å². The van der Waals surface area contributed by atoms with Gasteiger partial charge >= 0.3 is 0 Å². The number of pyridine rings is 1. The lowest BCUT2D eigenvalue weighted by Gasteiger charge is -2.20. The Morgan fingerprint density at radius 3 is 2.35 bits per heavy atom. The molecule has 0 unspecified atom stereocenters. The molecular weight excluding hydrogens is 466 g/mol. The van der Waals surface area contributed by atoms with E-state index in [-0.39, 0.29) is 26.6 Å². The lowest BCUT2D eigenvalue weighted by atomic mass is 9.87. The molecule has 0 bridgehead atoms. The Morgan fingerprint density at radius 2 is 1.71 bits per heavy atom. The van der Waals surface area contributed by atoms with Crippen molar-refractivity contribution in [2.75, 3.05) is 4.72 Å². The third-order valence-corrected chi connectivity index (χ3v) is 7.55. The largest absolute Gasteiger partial charge is 0.279 e. The zero-order valence-electron chi connectivity index (χ0n) is 19.3. The summed E-state index contributed by atoms with van der Waals surface area (Å²) in [4.78, 5) is 4.61. The number of hydrogen-bond donors (Lipinski definition) is 1. The summed E-state index contributed by atoms with van der Waals surface area (Å²) in [6.45, 7) is 8.17. The minimum absolute atomic E-state index is 0.0932. The molecule has 4 rings (SSSR count). The molecule has 5 nitrogen and oxygen atoms in total. The van der Waals surface area contributed by atoms with E-state index in [1.807, 2.05) is 43.3 Å². The zero-order chi connectivity index (χ0) is 24.7. The number of benzene rings is 3. The number of nitrogens with zero attached hydrogens (tertiary/aromatic N) is 2. The Balaban J connectivity index is 1.88. The lowest BCUT2D eigenvalue weighted by Crippen LogP contribution is -2.15. The fourth-order valence-corrected chi connectivity index (χ4v) is 5.26. The molecule has 1 N–H and O–H groups in total. The summed E-state index contributed by atoms with van der Waals surface area (Å²) < 4.78 is 29.3. The Bertz CT molecular complexity index is 1550. The molecule has 1 aromatic heterocycles. The Hall–Kier alpha value is -3.40. The van der Waals surface area contributed by atoms with Gasteiger partial charge in [-0.1, -0.05) is 62.7 Å². The predicted molar refractivity (Wildman–Crippen MR) is 138 cm³/mol. The van der Waals surface area contributed by atoms with Crippen LogP contribution in [0.5, 0.6) is 0 Å². The maximum atomic E-state index is 13.3. The van der Waals surface area contributed by atoms with Crippen LogP contribution in [0.1, 0.15) is 37.5 Å². The van der Waals surface area contributed by atoms with Crippen LogP contribution in [0.4, 0.5) is 5.69 Å². The van der Waals surface area contributed by atoms with Crippen LogP contribution in [0.2, 0.25) is 5.02 Å². The minimum atomic E-state index is -3.91. The molecule has 0 fully saturated rings. The molecule has 0 saturated carbocycles. The molecule has 7 heteroatoms. The van der Waals surface area contributed by atoms with Gasteiger partial charge in [0, 0.05) is 17.1 Å². The first-order chi connectivity index (χ1) is 16.0. The molecule has 0 amide bonds. The van der Waals surface area contributed by atoms with Gasteiger partial charge in [-0.25, -0.2) is 8.42 Å². The van der Waals surface area contributed by atoms with Crippen molar-refractivity contribution in [3.63, 3.8) is 0 Å². The topological polar surface area (TPSA) is 82.9 Å². The quantitative estimate of drug-likeness (QED) is 0.340. The van der Waals surface area contributed by atoms with Gasteiger partial charge in [0.2, 0.25) is 0 Å². The van der Waals surface area contributed by atoms with Crippen LogP contribution in [0.15, 0.2) is 71.8 Å². The standard InChI is InChI=1S/C27H24ClN3O2S/c1-17-7-13-21(22-6-5-15-30-26(17)22)24-23(14-8-18(16-29)25(24)28)31-34(32,33)20-11-9-19(10-12-20)27(2,3)4/h5-15,31H,1-4H3. The Labute approximate surface area is 205 Å². The van der Waals surface area contributed by atoms with Gasteiger partial charge in [0.05, 0.1) is 26.7 Å². The molecule has 0 aliphatic rings. The van der Waals surface area contributed by atoms with E-state index < -0.39 is 10.0 Å². The fraction of sp³-hybridized carbons (Fsp3) is 0.185. The van der Waals surface area contributed by atoms with Gasteiger partial charge in [0.15, 0.2) is 0 Å². The number of anilines is 1. The number of sulfonamides is 1. The third-order valence-electron chi connectivity index (χ3n) is 5.78. The second-order valence-corrected chi connectivity index (χ2v) is 11.2. The maximum absolute atomic E-state index is 13.3. The van der Waals surface area contributed by atoms with Gasteiger partial charge in [-0.05, 0) is 59.4 Å². The highest BCUT2D eigenvalue weighted by atomic mass is 35.5. The van der Waals surface area contributed by atoms with E-state index in [1.165, 1.54) is 6.07 Å². The van der Waals surface area contributed by atoms with E-state index >= 15 is 0 Å². The van der Waals surface area contributed by atoms with Crippen LogP contribution in [0.3, 0.4) is 0 Å². The summed E-state index contributed by atoms with van der Waals surface area (Å²) in [5.74, 6) is 0. The minimum Gasteiger partial charge on any atom is -0.279 e. The number of halogens is 1. The van der Waals surface area contributed by atoms with Crippen molar-refractivity contribution in [3.05, 3.63) is 88.6 Å². The molecule has 0 saturated heterocycles. The molecule has 0 radical (unpaired) electrons. The summed E-state index contributed by atoms with van der Waals surface area (Å²) in [7, 11) is -3.91. The lowest BCUT2D eigenvalue weighted by molar-refractivity contribution is 0.587. The molecule has 0 spiro atoms. The van der Waals surface area contributed by atoms with Gasteiger partial charge in [0.25, 0.3) is 10.0 Å². The van der Waals surface area contributed by atoms with Crippen LogP contribution in [-0.4, -0.2) is 13.4 Å². The Morgan fingerprint density at radius 1 is 1.00 bits per heavy atom. The van der Waals surface area contributed by atoms with Crippen LogP contribution in [0.25, 0.3) is 22.0 Å². The molecule has 172 valence electrons. The van der Waals surface area contributed by atoms with E-state index in [2.05, 4.69) is 36.5 Å². The molecule has 0 aliphatic heterocycles. The second-order valence-electron chi connectivity index (χ2n) is 9.17. The van der Waals surface area contributed by atoms with Gasteiger partial charge < -0.3 is 0 Å². The van der Waals surface area contributed by atoms with Crippen molar-refractivity contribution >= 4 is 38.2 Å². The molecule has 3 aromatic carbocycles. The molecule has 4 aromatic rings. The van der Waals surface area contributed by atoms with Crippen molar-refractivity contribution in [2.24, 2.45) is 0 Å². The third kappa shape index (κ3) is 4.37. The summed E-state index contributed by atoms with van der Waals surface area (Å²) >= 11 is 6.66. The first kappa shape index (κ1) is 23.7. The van der Waals surface area contributed by atoms with Crippen LogP contribution < -0.4 is 4.72 Å². The van der Waals surface area contributed by atoms with E-state index in [4.69, 9.17) is 11.6 Å². The average Bonchev–Trinajstić information content (AvgIpc) is 2.80. The van der Waals surface area contributed by atoms with E-state index in [0.717, 1.165) is 22.0 Å². The predicted octanol–water partition coefficient (Wildman–Crippen LogP) is 6.83. The Kier molecular flexibility index (Phi) is 6.11. The van der Waals surface area contributed by atoms with Crippen LogP contribution in [0, 0.1) is 18.3 Å². The number of rotatable bonds is 4. The highest BCUT2D eigenvalue weighted by molar-refractivity contribution is 7.92. The second kappa shape index (κ2) is 8.75.